The fourth-order valence-corrected chi connectivity index (χ4v) is 2.92. The van der Waals surface area contributed by atoms with Gasteiger partial charge in [0.15, 0.2) is 0 Å². The van der Waals surface area contributed by atoms with Gasteiger partial charge in [-0.25, -0.2) is 4.39 Å². The van der Waals surface area contributed by atoms with Gasteiger partial charge in [0, 0.05) is 12.2 Å². The molecule has 3 heteroatoms. The summed E-state index contributed by atoms with van der Waals surface area (Å²) in [5.74, 6) is 0.444. The van der Waals surface area contributed by atoms with Gasteiger partial charge >= 0.3 is 0 Å². The molecular formula is C16H24FNO. The summed E-state index contributed by atoms with van der Waals surface area (Å²) in [6.45, 7) is 6.58. The topological polar surface area (TPSA) is 21.3 Å². The van der Waals surface area contributed by atoms with Gasteiger partial charge in [-0.15, -0.1) is 0 Å². The zero-order valence-corrected chi connectivity index (χ0v) is 12.3. The molecule has 1 N–H and O–H groups in total. The molecule has 1 saturated carbocycles. The number of aryl methyl sites for hydroxylation is 2. The normalized spacial score (nSPS) is 18.4. The van der Waals surface area contributed by atoms with E-state index in [0.717, 1.165) is 16.7 Å². The van der Waals surface area contributed by atoms with Gasteiger partial charge in [-0.05, 0) is 63.8 Å². The molecule has 2 atom stereocenters. The Morgan fingerprint density at radius 3 is 2.53 bits per heavy atom. The molecule has 1 fully saturated rings. The lowest BCUT2D eigenvalue weighted by molar-refractivity contribution is 0.0194. The molecular weight excluding hydrogens is 241 g/mol. The third kappa shape index (κ3) is 3.15. The van der Waals surface area contributed by atoms with Crippen LogP contribution < -0.4 is 5.32 Å². The minimum atomic E-state index is -0.123. The van der Waals surface area contributed by atoms with Crippen LogP contribution in [0.25, 0.3) is 0 Å². The van der Waals surface area contributed by atoms with E-state index in [4.69, 9.17) is 4.74 Å². The van der Waals surface area contributed by atoms with Crippen LogP contribution >= 0.6 is 0 Å². The summed E-state index contributed by atoms with van der Waals surface area (Å²) in [5, 5.41) is 3.26. The first-order valence-corrected chi connectivity index (χ1v) is 7.14. The molecule has 2 rings (SSSR count). The summed E-state index contributed by atoms with van der Waals surface area (Å²) in [6, 6.07) is 3.59. The van der Waals surface area contributed by atoms with Gasteiger partial charge in [-0.1, -0.05) is 6.07 Å². The molecule has 2 nitrogen and oxygen atoms in total. The van der Waals surface area contributed by atoms with Crippen molar-refractivity contribution < 1.29 is 9.13 Å². The van der Waals surface area contributed by atoms with E-state index in [1.165, 1.54) is 12.8 Å². The van der Waals surface area contributed by atoms with E-state index in [-0.39, 0.29) is 18.0 Å². The smallest absolute Gasteiger partial charge is 0.128 e. The molecule has 1 aromatic rings. The average Bonchev–Trinajstić information content (AvgIpc) is 3.15. The van der Waals surface area contributed by atoms with Crippen molar-refractivity contribution in [1.82, 2.24) is 5.32 Å². The van der Waals surface area contributed by atoms with Crippen molar-refractivity contribution in [2.45, 2.75) is 45.8 Å². The molecule has 0 aromatic heterocycles. The Labute approximate surface area is 115 Å². The van der Waals surface area contributed by atoms with Gasteiger partial charge in [-0.2, -0.15) is 0 Å². The van der Waals surface area contributed by atoms with E-state index in [2.05, 4.69) is 5.32 Å². The highest BCUT2D eigenvalue weighted by molar-refractivity contribution is 5.35. The maximum atomic E-state index is 14.3. The summed E-state index contributed by atoms with van der Waals surface area (Å²) in [4.78, 5) is 0. The molecule has 0 bridgehead atoms. The number of likely N-dealkylation sites (N-methyl/N-ethyl adjacent to an activating group) is 1. The highest BCUT2D eigenvalue weighted by Gasteiger charge is 2.38. The number of benzene rings is 1. The second kappa shape index (κ2) is 6.02. The summed E-state index contributed by atoms with van der Waals surface area (Å²) in [6.07, 6.45) is 2.45. The van der Waals surface area contributed by atoms with Crippen LogP contribution in [0.5, 0.6) is 0 Å². The van der Waals surface area contributed by atoms with Crippen molar-refractivity contribution in [2.24, 2.45) is 5.92 Å². The first-order valence-electron chi connectivity index (χ1n) is 7.14. The van der Waals surface area contributed by atoms with Crippen LogP contribution in [0, 0.1) is 25.6 Å². The van der Waals surface area contributed by atoms with Crippen LogP contribution in [-0.2, 0) is 4.74 Å². The van der Waals surface area contributed by atoms with Crippen molar-refractivity contribution in [1.29, 1.82) is 0 Å². The number of nitrogens with one attached hydrogen (secondary N) is 1. The van der Waals surface area contributed by atoms with Gasteiger partial charge in [0.1, 0.15) is 5.82 Å². The summed E-state index contributed by atoms with van der Waals surface area (Å²) in [5.41, 5.74) is 2.73. The van der Waals surface area contributed by atoms with Crippen molar-refractivity contribution in [3.05, 3.63) is 34.6 Å². The zero-order chi connectivity index (χ0) is 14.0. The Bertz CT molecular complexity index is 419. The molecule has 0 heterocycles. The zero-order valence-electron chi connectivity index (χ0n) is 12.3. The van der Waals surface area contributed by atoms with Crippen LogP contribution in [0.15, 0.2) is 12.1 Å². The van der Waals surface area contributed by atoms with Gasteiger partial charge < -0.3 is 10.1 Å². The lowest BCUT2D eigenvalue weighted by atomic mass is 9.92. The largest absolute Gasteiger partial charge is 0.376 e. The number of halogens is 1. The molecule has 106 valence electrons. The highest BCUT2D eigenvalue weighted by Crippen LogP contribution is 2.41. The van der Waals surface area contributed by atoms with Crippen molar-refractivity contribution in [2.75, 3.05) is 13.7 Å². The molecule has 0 saturated heterocycles. The maximum absolute atomic E-state index is 14.3. The van der Waals surface area contributed by atoms with Crippen molar-refractivity contribution in [3.63, 3.8) is 0 Å². The van der Waals surface area contributed by atoms with Gasteiger partial charge in [0.05, 0.1) is 12.1 Å². The SMILES string of the molecule is CCOC(C1CC1)C(NC)c1c(C)cc(C)cc1F. The molecule has 1 aromatic carbocycles. The average molecular weight is 265 g/mol. The molecule has 2 unspecified atom stereocenters. The Morgan fingerprint density at radius 2 is 2.05 bits per heavy atom. The van der Waals surface area contributed by atoms with Crippen LogP contribution in [-0.4, -0.2) is 19.8 Å². The van der Waals surface area contributed by atoms with E-state index in [1.54, 1.807) is 6.07 Å². The van der Waals surface area contributed by atoms with Crippen LogP contribution in [0.2, 0.25) is 0 Å². The van der Waals surface area contributed by atoms with Gasteiger partial charge in [0.25, 0.3) is 0 Å². The molecule has 1 aliphatic carbocycles. The molecule has 19 heavy (non-hydrogen) atoms. The summed E-state index contributed by atoms with van der Waals surface area (Å²) < 4.78 is 20.2. The maximum Gasteiger partial charge on any atom is 0.128 e. The lowest BCUT2D eigenvalue weighted by Gasteiger charge is -2.29. The molecule has 1 aliphatic rings. The Balaban J connectivity index is 2.35. The van der Waals surface area contributed by atoms with E-state index in [0.29, 0.717) is 12.5 Å². The molecule has 0 aliphatic heterocycles. The monoisotopic (exact) mass is 265 g/mol. The molecule has 0 amide bonds. The number of ether oxygens (including phenoxy) is 1. The molecule has 0 radical (unpaired) electrons. The Kier molecular flexibility index (Phi) is 4.58. The Hall–Kier alpha value is -0.930. The Morgan fingerprint density at radius 1 is 1.37 bits per heavy atom. The third-order valence-electron chi connectivity index (χ3n) is 3.88. The first-order chi connectivity index (χ1) is 9.08. The van der Waals surface area contributed by atoms with Crippen molar-refractivity contribution >= 4 is 0 Å². The minimum Gasteiger partial charge on any atom is -0.376 e. The predicted molar refractivity (Wildman–Crippen MR) is 75.8 cm³/mol. The summed E-state index contributed by atoms with van der Waals surface area (Å²) in [7, 11) is 1.89. The van der Waals surface area contributed by atoms with E-state index in [1.807, 2.05) is 33.9 Å². The van der Waals surface area contributed by atoms with E-state index in [9.17, 15) is 4.39 Å². The predicted octanol–water partition coefficient (Wildman–Crippen LogP) is 3.52. The molecule has 0 spiro atoms. The van der Waals surface area contributed by atoms with E-state index >= 15 is 0 Å². The summed E-state index contributed by atoms with van der Waals surface area (Å²) >= 11 is 0. The standard InChI is InChI=1S/C16H24FNO/c1-5-19-16(12-6-7-12)15(18-4)14-11(3)8-10(2)9-13(14)17/h8-9,12,15-16,18H,5-7H2,1-4H3. The minimum absolute atomic E-state index is 0.0620. The number of hydrogen-bond acceptors (Lipinski definition) is 2. The van der Waals surface area contributed by atoms with Gasteiger partial charge in [0.2, 0.25) is 0 Å². The van der Waals surface area contributed by atoms with Crippen LogP contribution in [0.3, 0.4) is 0 Å². The second-order valence-electron chi connectivity index (χ2n) is 5.50. The fraction of sp³-hybridized carbons (Fsp3) is 0.625. The number of hydrogen-bond donors (Lipinski definition) is 1. The lowest BCUT2D eigenvalue weighted by Crippen LogP contribution is -2.34. The van der Waals surface area contributed by atoms with E-state index < -0.39 is 0 Å². The highest BCUT2D eigenvalue weighted by atomic mass is 19.1. The van der Waals surface area contributed by atoms with Crippen LogP contribution in [0.4, 0.5) is 4.39 Å². The van der Waals surface area contributed by atoms with Crippen LogP contribution in [0.1, 0.15) is 42.5 Å². The fourth-order valence-electron chi connectivity index (χ4n) is 2.92. The number of rotatable bonds is 6. The second-order valence-corrected chi connectivity index (χ2v) is 5.50. The van der Waals surface area contributed by atoms with Crippen molar-refractivity contribution in [3.8, 4) is 0 Å². The van der Waals surface area contributed by atoms with Gasteiger partial charge in [-0.3, -0.25) is 0 Å². The third-order valence-corrected chi connectivity index (χ3v) is 3.88. The first kappa shape index (κ1) is 14.5. The quantitative estimate of drug-likeness (QED) is 0.849.